The van der Waals surface area contributed by atoms with Crippen molar-refractivity contribution in [2.75, 3.05) is 20.3 Å². The molecule has 0 amide bonds. The molecule has 2 rings (SSSR count). The van der Waals surface area contributed by atoms with Crippen LogP contribution < -0.4 is 10.6 Å². The monoisotopic (exact) mass is 342 g/mol. The maximum absolute atomic E-state index is 13.5. The number of nitrogens with one attached hydrogen (secondary N) is 2. The molecule has 1 aliphatic heterocycles. The van der Waals surface area contributed by atoms with E-state index in [9.17, 15) is 13.6 Å². The first-order valence-corrected chi connectivity index (χ1v) is 7.24. The van der Waals surface area contributed by atoms with E-state index in [1.54, 1.807) is 6.92 Å². The Morgan fingerprint density at radius 2 is 2.04 bits per heavy atom. The molecule has 0 bridgehead atoms. The molecule has 0 saturated heterocycles. The molecule has 5 nitrogen and oxygen atoms in total. The fourth-order valence-electron chi connectivity index (χ4n) is 2.20. The van der Waals surface area contributed by atoms with Crippen LogP contribution >= 0.6 is 12.2 Å². The first-order chi connectivity index (χ1) is 10.9. The van der Waals surface area contributed by atoms with Gasteiger partial charge in [-0.1, -0.05) is 6.07 Å². The standard InChI is InChI=1S/C15H16F2N2O3S/c1-8-12(14(20)22-6-5-21-2)13(19-15(23)18-8)9-3-4-10(16)11(17)7-9/h3-4,7,13H,5-6H2,1-2H3,(H2,18,19,23)/t13-/m1/s1. The number of thiocarbonyl (C=S) groups is 1. The highest BCUT2D eigenvalue weighted by Crippen LogP contribution is 2.28. The molecule has 1 aromatic carbocycles. The molecule has 1 aromatic rings. The van der Waals surface area contributed by atoms with E-state index in [0.29, 0.717) is 11.3 Å². The number of hydrogen-bond acceptors (Lipinski definition) is 4. The molecule has 23 heavy (non-hydrogen) atoms. The van der Waals surface area contributed by atoms with E-state index in [1.165, 1.54) is 13.2 Å². The maximum Gasteiger partial charge on any atom is 0.338 e. The Hall–Kier alpha value is -2.06. The van der Waals surface area contributed by atoms with Crippen molar-refractivity contribution < 1.29 is 23.0 Å². The molecule has 1 aliphatic rings. The topological polar surface area (TPSA) is 59.6 Å². The van der Waals surface area contributed by atoms with Crippen LogP contribution in [0.3, 0.4) is 0 Å². The average molecular weight is 342 g/mol. The van der Waals surface area contributed by atoms with Gasteiger partial charge in [-0.3, -0.25) is 0 Å². The molecular weight excluding hydrogens is 326 g/mol. The van der Waals surface area contributed by atoms with Crippen LogP contribution in [0.25, 0.3) is 0 Å². The second-order valence-corrected chi connectivity index (χ2v) is 5.28. The van der Waals surface area contributed by atoms with Crippen LogP contribution in [0.4, 0.5) is 8.78 Å². The minimum absolute atomic E-state index is 0.0844. The van der Waals surface area contributed by atoms with Crippen molar-refractivity contribution in [2.24, 2.45) is 0 Å². The number of esters is 1. The van der Waals surface area contributed by atoms with Gasteiger partial charge < -0.3 is 20.1 Å². The lowest BCUT2D eigenvalue weighted by atomic mass is 9.95. The zero-order valence-electron chi connectivity index (χ0n) is 12.6. The van der Waals surface area contributed by atoms with E-state index in [2.05, 4.69) is 10.6 Å². The number of hydrogen-bond donors (Lipinski definition) is 2. The molecular formula is C15H16F2N2O3S. The third kappa shape index (κ3) is 4.02. The quantitative estimate of drug-likeness (QED) is 0.485. The largest absolute Gasteiger partial charge is 0.460 e. The normalized spacial score (nSPS) is 17.6. The third-order valence-electron chi connectivity index (χ3n) is 3.29. The molecule has 2 N–H and O–H groups in total. The van der Waals surface area contributed by atoms with Crippen molar-refractivity contribution in [1.29, 1.82) is 0 Å². The Kier molecular flexibility index (Phi) is 5.62. The zero-order chi connectivity index (χ0) is 17.0. The van der Waals surface area contributed by atoms with Gasteiger partial charge in [0, 0.05) is 12.8 Å². The number of ether oxygens (including phenoxy) is 2. The summed E-state index contributed by atoms with van der Waals surface area (Å²) in [6, 6.07) is 2.69. The summed E-state index contributed by atoms with van der Waals surface area (Å²) in [4.78, 5) is 12.3. The summed E-state index contributed by atoms with van der Waals surface area (Å²) in [6.45, 7) is 2.00. The summed E-state index contributed by atoms with van der Waals surface area (Å²) in [6.07, 6.45) is 0. The SMILES string of the molecule is COCCOC(=O)C1=C(C)NC(=S)N[C@@H]1c1ccc(F)c(F)c1. The highest BCUT2D eigenvalue weighted by Gasteiger charge is 2.31. The lowest BCUT2D eigenvalue weighted by molar-refractivity contribution is -0.140. The molecule has 0 fully saturated rings. The fraction of sp³-hybridized carbons (Fsp3) is 0.333. The molecule has 1 atom stereocenters. The molecule has 0 saturated carbocycles. The Labute approximate surface area is 137 Å². The molecule has 0 radical (unpaired) electrons. The third-order valence-corrected chi connectivity index (χ3v) is 3.51. The first kappa shape index (κ1) is 17.3. The number of halogens is 2. The van der Waals surface area contributed by atoms with Gasteiger partial charge in [-0.15, -0.1) is 0 Å². The van der Waals surface area contributed by atoms with E-state index in [0.717, 1.165) is 12.1 Å². The van der Waals surface area contributed by atoms with Crippen molar-refractivity contribution in [3.05, 3.63) is 46.7 Å². The van der Waals surface area contributed by atoms with Crippen LogP contribution in [0, 0.1) is 11.6 Å². The molecule has 8 heteroatoms. The second kappa shape index (κ2) is 7.47. The van der Waals surface area contributed by atoms with Gasteiger partial charge in [-0.05, 0) is 36.8 Å². The van der Waals surface area contributed by atoms with Gasteiger partial charge in [0.1, 0.15) is 6.61 Å². The van der Waals surface area contributed by atoms with Gasteiger partial charge in [0.05, 0.1) is 18.2 Å². The Morgan fingerprint density at radius 3 is 2.70 bits per heavy atom. The average Bonchev–Trinajstić information content (AvgIpc) is 2.49. The predicted molar refractivity (Wildman–Crippen MR) is 83.5 cm³/mol. The summed E-state index contributed by atoms with van der Waals surface area (Å²) < 4.78 is 36.6. The predicted octanol–water partition coefficient (Wildman–Crippen LogP) is 1.95. The van der Waals surface area contributed by atoms with Gasteiger partial charge >= 0.3 is 5.97 Å². The van der Waals surface area contributed by atoms with Crippen molar-refractivity contribution in [1.82, 2.24) is 10.6 Å². The van der Waals surface area contributed by atoms with E-state index in [4.69, 9.17) is 21.7 Å². The first-order valence-electron chi connectivity index (χ1n) is 6.83. The highest BCUT2D eigenvalue weighted by molar-refractivity contribution is 7.80. The van der Waals surface area contributed by atoms with Gasteiger partial charge in [0.15, 0.2) is 16.7 Å². The van der Waals surface area contributed by atoms with Crippen LogP contribution in [-0.4, -0.2) is 31.4 Å². The number of methoxy groups -OCH3 is 1. The minimum atomic E-state index is -1.00. The van der Waals surface area contributed by atoms with Crippen LogP contribution in [0.5, 0.6) is 0 Å². The van der Waals surface area contributed by atoms with Crippen molar-refractivity contribution in [3.8, 4) is 0 Å². The van der Waals surface area contributed by atoms with E-state index < -0.39 is 23.6 Å². The lowest BCUT2D eigenvalue weighted by Gasteiger charge is -2.29. The Morgan fingerprint density at radius 1 is 1.30 bits per heavy atom. The van der Waals surface area contributed by atoms with E-state index in [1.807, 2.05) is 0 Å². The Balaban J connectivity index is 2.33. The molecule has 124 valence electrons. The summed E-state index contributed by atoms with van der Waals surface area (Å²) in [5.74, 6) is -2.55. The number of carbonyl (C=O) groups excluding carboxylic acids is 1. The Bertz CT molecular complexity index is 664. The summed E-state index contributed by atoms with van der Waals surface area (Å²) >= 11 is 5.07. The number of rotatable bonds is 5. The summed E-state index contributed by atoms with van der Waals surface area (Å²) in [5.41, 5.74) is 1.11. The van der Waals surface area contributed by atoms with Gasteiger partial charge in [0.25, 0.3) is 0 Å². The zero-order valence-corrected chi connectivity index (χ0v) is 13.4. The maximum atomic E-state index is 13.5. The van der Waals surface area contributed by atoms with E-state index >= 15 is 0 Å². The van der Waals surface area contributed by atoms with Crippen LogP contribution in [-0.2, 0) is 14.3 Å². The van der Waals surface area contributed by atoms with Crippen LogP contribution in [0.1, 0.15) is 18.5 Å². The van der Waals surface area contributed by atoms with E-state index in [-0.39, 0.29) is 23.9 Å². The van der Waals surface area contributed by atoms with Crippen molar-refractivity contribution >= 4 is 23.3 Å². The minimum Gasteiger partial charge on any atom is -0.460 e. The lowest BCUT2D eigenvalue weighted by Crippen LogP contribution is -2.45. The van der Waals surface area contributed by atoms with Crippen LogP contribution in [0.2, 0.25) is 0 Å². The van der Waals surface area contributed by atoms with Gasteiger partial charge in [-0.25, -0.2) is 13.6 Å². The summed E-state index contributed by atoms with van der Waals surface area (Å²) in [7, 11) is 1.49. The fourth-order valence-corrected chi connectivity index (χ4v) is 2.47. The molecule has 0 unspecified atom stereocenters. The highest BCUT2D eigenvalue weighted by atomic mass is 32.1. The second-order valence-electron chi connectivity index (χ2n) is 4.87. The molecule has 0 spiro atoms. The smallest absolute Gasteiger partial charge is 0.338 e. The van der Waals surface area contributed by atoms with Crippen molar-refractivity contribution in [2.45, 2.75) is 13.0 Å². The van der Waals surface area contributed by atoms with Gasteiger partial charge in [-0.2, -0.15) is 0 Å². The molecule has 0 aliphatic carbocycles. The van der Waals surface area contributed by atoms with Gasteiger partial charge in [0.2, 0.25) is 0 Å². The van der Waals surface area contributed by atoms with Crippen LogP contribution in [0.15, 0.2) is 29.5 Å². The number of carbonyl (C=O) groups is 1. The van der Waals surface area contributed by atoms with Crippen molar-refractivity contribution in [3.63, 3.8) is 0 Å². The molecule has 0 aromatic heterocycles. The summed E-state index contributed by atoms with van der Waals surface area (Å²) in [5, 5.41) is 5.98. The molecule has 1 heterocycles. The number of allylic oxidation sites excluding steroid dienone is 1. The number of benzene rings is 1.